The molecule has 5 rings (SSSR count). The van der Waals surface area contributed by atoms with Gasteiger partial charge in [-0.2, -0.15) is 5.10 Å². The minimum atomic E-state index is 0.258. The van der Waals surface area contributed by atoms with Crippen LogP contribution in [0, 0.1) is 13.8 Å². The molecule has 0 aliphatic carbocycles. The molecule has 2 aliphatic rings. The molecule has 3 aromatic rings. The van der Waals surface area contributed by atoms with Gasteiger partial charge >= 0.3 is 0 Å². The molecule has 4 heterocycles. The molecule has 1 aromatic carbocycles. The van der Waals surface area contributed by atoms with E-state index in [-0.39, 0.29) is 5.82 Å². The molecule has 2 aromatic heterocycles. The van der Waals surface area contributed by atoms with E-state index in [0.29, 0.717) is 24.3 Å². The van der Waals surface area contributed by atoms with Crippen LogP contribution in [0.4, 0.5) is 5.82 Å². The number of benzene rings is 1. The van der Waals surface area contributed by atoms with Gasteiger partial charge in [0.1, 0.15) is 0 Å². The van der Waals surface area contributed by atoms with E-state index in [9.17, 15) is 0 Å². The largest absolute Gasteiger partial charge is 0.433 e. The standard InChI is InChI=1S/C26H32N6O2/c1-17-12-20(13-18(2)24(17)19-6-10-33-11-7-19)23-15-28-25(27)26(30-23)34-22-14-29-32(16-22)21-4-8-31(3)9-5-21/h6,12-16,21H,4-5,7-11H2,1-3H3,(H2,27,28). The number of rotatable bonds is 5. The minimum Gasteiger partial charge on any atom is -0.433 e. The number of nitrogen functional groups attached to an aromatic ring is 1. The molecule has 0 unspecified atom stereocenters. The van der Waals surface area contributed by atoms with E-state index in [1.54, 1.807) is 12.4 Å². The van der Waals surface area contributed by atoms with Gasteiger partial charge in [0.25, 0.3) is 5.88 Å². The predicted molar refractivity (Wildman–Crippen MR) is 133 cm³/mol. The molecule has 0 spiro atoms. The predicted octanol–water partition coefficient (Wildman–Crippen LogP) is 4.40. The van der Waals surface area contributed by atoms with Crippen LogP contribution in [0.25, 0.3) is 16.8 Å². The van der Waals surface area contributed by atoms with Crippen LogP contribution < -0.4 is 10.5 Å². The SMILES string of the molecule is Cc1cc(-c2cnc(N)c(Oc3cnn(C4CCN(C)CC4)c3)n2)cc(C)c1C1=CCOCC1. The van der Waals surface area contributed by atoms with Crippen molar-refractivity contribution < 1.29 is 9.47 Å². The minimum absolute atomic E-state index is 0.258. The van der Waals surface area contributed by atoms with Gasteiger partial charge in [0.15, 0.2) is 11.6 Å². The van der Waals surface area contributed by atoms with Crippen molar-refractivity contribution in [3.63, 3.8) is 0 Å². The highest BCUT2D eigenvalue weighted by atomic mass is 16.5. The molecule has 0 saturated carbocycles. The fraction of sp³-hybridized carbons (Fsp3) is 0.423. The zero-order chi connectivity index (χ0) is 23.7. The van der Waals surface area contributed by atoms with E-state index in [2.05, 4.69) is 54.1 Å². The summed E-state index contributed by atoms with van der Waals surface area (Å²) >= 11 is 0. The number of nitrogens with two attached hydrogens (primary N) is 1. The van der Waals surface area contributed by atoms with E-state index < -0.39 is 0 Å². The first-order chi connectivity index (χ1) is 16.5. The zero-order valence-corrected chi connectivity index (χ0v) is 20.1. The summed E-state index contributed by atoms with van der Waals surface area (Å²) in [7, 11) is 2.15. The summed E-state index contributed by atoms with van der Waals surface area (Å²) in [4.78, 5) is 11.4. The van der Waals surface area contributed by atoms with Crippen molar-refractivity contribution in [3.8, 4) is 22.9 Å². The summed E-state index contributed by atoms with van der Waals surface area (Å²) < 4.78 is 13.5. The second-order valence-corrected chi connectivity index (χ2v) is 9.28. The highest BCUT2D eigenvalue weighted by Gasteiger charge is 2.20. The molecule has 34 heavy (non-hydrogen) atoms. The molecule has 2 aliphatic heterocycles. The number of likely N-dealkylation sites (tertiary alicyclic amines) is 1. The van der Waals surface area contributed by atoms with Crippen LogP contribution in [-0.4, -0.2) is 58.0 Å². The summed E-state index contributed by atoms with van der Waals surface area (Å²) in [5.41, 5.74) is 12.9. The van der Waals surface area contributed by atoms with Crippen LogP contribution in [0.1, 0.15) is 42.0 Å². The molecule has 8 heteroatoms. The third kappa shape index (κ3) is 4.69. The van der Waals surface area contributed by atoms with Gasteiger partial charge in [-0.1, -0.05) is 6.08 Å². The molecular formula is C26H32N6O2. The Morgan fingerprint density at radius 3 is 2.59 bits per heavy atom. The van der Waals surface area contributed by atoms with Crippen molar-refractivity contribution in [1.29, 1.82) is 0 Å². The van der Waals surface area contributed by atoms with Crippen LogP contribution in [0.3, 0.4) is 0 Å². The topological polar surface area (TPSA) is 91.3 Å². The molecule has 0 amide bonds. The second kappa shape index (κ2) is 9.56. The molecule has 0 radical (unpaired) electrons. The highest BCUT2D eigenvalue weighted by molar-refractivity contribution is 5.75. The average molecular weight is 461 g/mol. The van der Waals surface area contributed by atoms with Crippen LogP contribution in [0.5, 0.6) is 11.6 Å². The maximum Gasteiger partial charge on any atom is 0.263 e. The summed E-state index contributed by atoms with van der Waals surface area (Å²) in [6, 6.07) is 4.69. The number of aryl methyl sites for hydroxylation is 2. The molecule has 8 nitrogen and oxygen atoms in total. The molecule has 178 valence electrons. The van der Waals surface area contributed by atoms with Crippen molar-refractivity contribution in [2.45, 2.75) is 39.2 Å². The van der Waals surface area contributed by atoms with Gasteiger partial charge in [-0.25, -0.2) is 9.97 Å². The van der Waals surface area contributed by atoms with E-state index in [1.807, 2.05) is 10.9 Å². The molecule has 2 N–H and O–H groups in total. The lowest BCUT2D eigenvalue weighted by Gasteiger charge is -2.28. The first-order valence-electron chi connectivity index (χ1n) is 11.9. The normalized spacial score (nSPS) is 17.6. The fourth-order valence-electron chi connectivity index (χ4n) is 4.91. The van der Waals surface area contributed by atoms with Gasteiger partial charge in [0.2, 0.25) is 0 Å². The first-order valence-corrected chi connectivity index (χ1v) is 11.9. The van der Waals surface area contributed by atoms with Crippen molar-refractivity contribution in [2.24, 2.45) is 0 Å². The quantitative estimate of drug-likeness (QED) is 0.603. The molecular weight excluding hydrogens is 428 g/mol. The van der Waals surface area contributed by atoms with Crippen molar-refractivity contribution >= 4 is 11.4 Å². The zero-order valence-electron chi connectivity index (χ0n) is 20.1. The van der Waals surface area contributed by atoms with Crippen LogP contribution in [0.15, 0.2) is 36.8 Å². The Labute approximate surface area is 200 Å². The Morgan fingerprint density at radius 2 is 1.88 bits per heavy atom. The Kier molecular flexibility index (Phi) is 6.34. The summed E-state index contributed by atoms with van der Waals surface area (Å²) in [5, 5.41) is 4.52. The third-order valence-electron chi connectivity index (χ3n) is 6.73. The Morgan fingerprint density at radius 1 is 1.12 bits per heavy atom. The van der Waals surface area contributed by atoms with Crippen LogP contribution in [-0.2, 0) is 4.74 Å². The van der Waals surface area contributed by atoms with Gasteiger partial charge in [-0.3, -0.25) is 4.68 Å². The van der Waals surface area contributed by atoms with Crippen molar-refractivity contribution in [3.05, 3.63) is 53.5 Å². The number of anilines is 1. The van der Waals surface area contributed by atoms with E-state index in [4.69, 9.17) is 20.2 Å². The first kappa shape index (κ1) is 22.6. The molecule has 1 fully saturated rings. The van der Waals surface area contributed by atoms with Gasteiger partial charge in [-0.05, 0) is 87.6 Å². The van der Waals surface area contributed by atoms with Crippen molar-refractivity contribution in [2.75, 3.05) is 39.1 Å². The van der Waals surface area contributed by atoms with Crippen molar-refractivity contribution in [1.82, 2.24) is 24.6 Å². The number of aromatic nitrogens is 4. The lowest BCUT2D eigenvalue weighted by atomic mass is 9.90. The van der Waals surface area contributed by atoms with Gasteiger partial charge in [-0.15, -0.1) is 0 Å². The van der Waals surface area contributed by atoms with Gasteiger partial charge < -0.3 is 20.1 Å². The lowest BCUT2D eigenvalue weighted by molar-refractivity contribution is 0.161. The smallest absolute Gasteiger partial charge is 0.263 e. The molecule has 0 atom stereocenters. The second-order valence-electron chi connectivity index (χ2n) is 9.28. The Balaban J connectivity index is 1.38. The lowest BCUT2D eigenvalue weighted by Crippen LogP contribution is -2.31. The average Bonchev–Trinajstić information content (AvgIpc) is 3.30. The summed E-state index contributed by atoms with van der Waals surface area (Å²) in [5.74, 6) is 1.17. The van der Waals surface area contributed by atoms with Gasteiger partial charge in [0, 0.05) is 5.56 Å². The Bertz CT molecular complexity index is 1190. The number of hydrogen-bond donors (Lipinski definition) is 1. The number of nitrogens with zero attached hydrogens (tertiary/aromatic N) is 5. The fourth-order valence-corrected chi connectivity index (χ4v) is 4.91. The molecule has 0 bridgehead atoms. The molecule has 1 saturated heterocycles. The summed E-state index contributed by atoms with van der Waals surface area (Å²) in [6.45, 7) is 7.87. The third-order valence-corrected chi connectivity index (χ3v) is 6.73. The van der Waals surface area contributed by atoms with E-state index in [1.165, 1.54) is 22.3 Å². The number of piperidine rings is 1. The van der Waals surface area contributed by atoms with Crippen LogP contribution >= 0.6 is 0 Å². The maximum atomic E-state index is 6.11. The van der Waals surface area contributed by atoms with E-state index in [0.717, 1.165) is 50.2 Å². The maximum absolute atomic E-state index is 6.11. The highest BCUT2D eigenvalue weighted by Crippen LogP contribution is 2.33. The summed E-state index contributed by atoms with van der Waals surface area (Å²) in [6.07, 6.45) is 10.6. The monoisotopic (exact) mass is 460 g/mol. The van der Waals surface area contributed by atoms with Crippen LogP contribution in [0.2, 0.25) is 0 Å². The number of hydrogen-bond acceptors (Lipinski definition) is 7. The Hall–Kier alpha value is -3.23. The van der Waals surface area contributed by atoms with E-state index >= 15 is 0 Å². The van der Waals surface area contributed by atoms with Gasteiger partial charge in [0.05, 0.1) is 43.5 Å². The number of ether oxygens (including phenoxy) is 2.